The van der Waals surface area contributed by atoms with Crippen molar-refractivity contribution in [2.45, 2.75) is 26.3 Å². The molecule has 0 saturated heterocycles. The van der Waals surface area contributed by atoms with E-state index in [1.54, 1.807) is 21.0 Å². The predicted molar refractivity (Wildman–Crippen MR) is 140 cm³/mol. The van der Waals surface area contributed by atoms with E-state index < -0.39 is 38.8 Å². The second kappa shape index (κ2) is 15.1. The van der Waals surface area contributed by atoms with Gasteiger partial charge < -0.3 is 14.2 Å². The van der Waals surface area contributed by atoms with E-state index in [-0.39, 0.29) is 19.5 Å². The van der Waals surface area contributed by atoms with E-state index in [9.17, 15) is 14.2 Å². The molecule has 210 valence electrons. The highest BCUT2D eigenvalue weighted by Crippen LogP contribution is 2.47. The first-order valence-electron chi connectivity index (χ1n) is 12.3. The third kappa shape index (κ3) is 9.25. The Labute approximate surface area is 226 Å². The molecule has 1 atom stereocenters. The van der Waals surface area contributed by atoms with Crippen LogP contribution >= 0.6 is 7.60 Å². The number of tetrazole rings is 1. The summed E-state index contributed by atoms with van der Waals surface area (Å²) in [6.07, 6.45) is -0.0491. The van der Waals surface area contributed by atoms with E-state index in [0.717, 1.165) is 16.7 Å². The molecule has 3 rings (SSSR count). The van der Waals surface area contributed by atoms with Crippen molar-refractivity contribution < 1.29 is 37.4 Å². The molecule has 0 aliphatic heterocycles. The summed E-state index contributed by atoms with van der Waals surface area (Å²) in [7, 11) is -2.45. The maximum absolute atomic E-state index is 13.5. The molecule has 1 aromatic heterocycles. The highest BCUT2D eigenvalue weighted by molar-refractivity contribution is 7.53. The molecule has 2 aromatic carbocycles. The molecule has 0 radical (unpaired) electrons. The van der Waals surface area contributed by atoms with Gasteiger partial charge in [0.2, 0.25) is 0 Å². The maximum atomic E-state index is 13.5. The summed E-state index contributed by atoms with van der Waals surface area (Å²) >= 11 is 0. The Bertz CT molecular complexity index is 1220. The Morgan fingerprint density at radius 3 is 2.21 bits per heavy atom. The molecule has 0 bridgehead atoms. The van der Waals surface area contributed by atoms with Gasteiger partial charge in [-0.05, 0) is 53.5 Å². The fraction of sp³-hybridized carbons (Fsp3) is 0.400. The first kappa shape index (κ1) is 29.9. The van der Waals surface area contributed by atoms with Gasteiger partial charge in [-0.2, -0.15) is 0 Å². The van der Waals surface area contributed by atoms with Crippen LogP contribution < -0.4 is 10.1 Å². The Hall–Kier alpha value is -3.64. The number of methoxy groups -OCH3 is 1. The highest BCUT2D eigenvalue weighted by Gasteiger charge is 2.30. The van der Waals surface area contributed by atoms with E-state index in [1.165, 1.54) is 0 Å². The number of aromatic nitrogens is 4. The molecule has 2 N–H and O–H groups in total. The zero-order chi connectivity index (χ0) is 28.1. The van der Waals surface area contributed by atoms with E-state index in [1.807, 2.05) is 48.5 Å². The molecule has 39 heavy (non-hydrogen) atoms. The zero-order valence-corrected chi connectivity index (χ0v) is 22.9. The first-order chi connectivity index (χ1) is 18.9. The number of carbonyl (C=O) groups excluding carboxylic acids is 2. The number of carbonyl (C=O) groups is 2. The van der Waals surface area contributed by atoms with Crippen LogP contribution in [-0.4, -0.2) is 72.4 Å². The standard InChI is InChI=1S/C25H32N5O8P/c1-4-35-23(31)15-37-39(33,38-16-24(32)36-5-2)17-26-21(25-27-29-30-28-25)13-20-12-11-19(14-22(20)34-3)18-9-7-6-8-10-18/h6-12,14,21,26H,4-5,13,15-17H2,1-3H3,(H,27,28,29,30)/t21-/m0/s1. The molecule has 1 heterocycles. The third-order valence-corrected chi connectivity index (χ3v) is 7.03. The van der Waals surface area contributed by atoms with E-state index >= 15 is 0 Å². The lowest BCUT2D eigenvalue weighted by atomic mass is 9.99. The monoisotopic (exact) mass is 561 g/mol. The van der Waals surface area contributed by atoms with Crippen LogP contribution in [0.3, 0.4) is 0 Å². The summed E-state index contributed by atoms with van der Waals surface area (Å²) < 4.78 is 39.4. The average Bonchev–Trinajstić information content (AvgIpc) is 3.49. The van der Waals surface area contributed by atoms with Crippen LogP contribution in [0.4, 0.5) is 0 Å². The smallest absolute Gasteiger partial charge is 0.345 e. The molecule has 13 nitrogen and oxygen atoms in total. The van der Waals surface area contributed by atoms with Crippen LogP contribution in [0, 0.1) is 0 Å². The van der Waals surface area contributed by atoms with Gasteiger partial charge >= 0.3 is 19.5 Å². The Morgan fingerprint density at radius 2 is 1.64 bits per heavy atom. The topological polar surface area (TPSA) is 164 Å². The van der Waals surface area contributed by atoms with Crippen LogP contribution in [0.15, 0.2) is 48.5 Å². The molecule has 3 aromatic rings. The first-order valence-corrected chi connectivity index (χ1v) is 14.0. The minimum atomic E-state index is -4.03. The fourth-order valence-electron chi connectivity index (χ4n) is 3.58. The second-order valence-electron chi connectivity index (χ2n) is 8.07. The number of aromatic amines is 1. The number of benzene rings is 2. The van der Waals surface area contributed by atoms with Crippen molar-refractivity contribution in [3.63, 3.8) is 0 Å². The summed E-state index contributed by atoms with van der Waals surface area (Å²) in [5.41, 5.74) is 2.84. The quantitative estimate of drug-likeness (QED) is 0.194. The largest absolute Gasteiger partial charge is 0.496 e. The van der Waals surface area contributed by atoms with Gasteiger partial charge in [-0.25, -0.2) is 14.7 Å². The van der Waals surface area contributed by atoms with Gasteiger partial charge in [0.1, 0.15) is 5.75 Å². The minimum absolute atomic E-state index is 0.125. The fourth-order valence-corrected chi connectivity index (χ4v) is 4.89. The molecule has 0 unspecified atom stereocenters. The third-order valence-electron chi connectivity index (χ3n) is 5.41. The highest BCUT2D eigenvalue weighted by atomic mass is 31.2. The summed E-state index contributed by atoms with van der Waals surface area (Å²) in [5, 5.41) is 17.1. The van der Waals surface area contributed by atoms with Gasteiger partial charge in [-0.15, -0.1) is 5.10 Å². The minimum Gasteiger partial charge on any atom is -0.496 e. The van der Waals surface area contributed by atoms with Crippen molar-refractivity contribution in [2.75, 3.05) is 39.8 Å². The lowest BCUT2D eigenvalue weighted by Crippen LogP contribution is -2.28. The summed E-state index contributed by atoms with van der Waals surface area (Å²) in [6.45, 7) is 2.26. The van der Waals surface area contributed by atoms with E-state index in [4.69, 9.17) is 23.3 Å². The van der Waals surface area contributed by atoms with Crippen molar-refractivity contribution in [2.24, 2.45) is 0 Å². The molecule has 0 saturated carbocycles. The molecular formula is C25H32N5O8P. The summed E-state index contributed by atoms with van der Waals surface area (Å²) in [5.74, 6) is -0.462. The summed E-state index contributed by atoms with van der Waals surface area (Å²) in [6, 6.07) is 15.1. The van der Waals surface area contributed by atoms with Gasteiger partial charge in [-0.3, -0.25) is 18.9 Å². The van der Waals surface area contributed by atoms with Crippen LogP contribution in [0.2, 0.25) is 0 Å². The van der Waals surface area contributed by atoms with Gasteiger partial charge in [0.05, 0.1) is 32.7 Å². The van der Waals surface area contributed by atoms with Crippen LogP contribution in [0.1, 0.15) is 31.3 Å². The number of nitrogens with one attached hydrogen (secondary N) is 2. The number of H-pyrrole nitrogens is 1. The predicted octanol–water partition coefficient (Wildman–Crippen LogP) is 3.06. The van der Waals surface area contributed by atoms with E-state index in [2.05, 4.69) is 25.9 Å². The lowest BCUT2D eigenvalue weighted by Gasteiger charge is -2.22. The van der Waals surface area contributed by atoms with Crippen LogP contribution in [0.25, 0.3) is 11.1 Å². The van der Waals surface area contributed by atoms with Crippen molar-refractivity contribution in [1.29, 1.82) is 0 Å². The van der Waals surface area contributed by atoms with Gasteiger partial charge in [0.15, 0.2) is 19.0 Å². The van der Waals surface area contributed by atoms with Gasteiger partial charge in [-0.1, -0.05) is 42.5 Å². The number of nitrogens with zero attached hydrogens (tertiary/aromatic N) is 3. The number of ether oxygens (including phenoxy) is 3. The molecule has 0 aliphatic carbocycles. The van der Waals surface area contributed by atoms with Crippen molar-refractivity contribution in [1.82, 2.24) is 25.9 Å². The molecule has 0 spiro atoms. The number of hydrogen-bond acceptors (Lipinski definition) is 12. The molecular weight excluding hydrogens is 529 g/mol. The average molecular weight is 562 g/mol. The van der Waals surface area contributed by atoms with Crippen molar-refractivity contribution in [3.8, 4) is 16.9 Å². The summed E-state index contributed by atoms with van der Waals surface area (Å²) in [4.78, 5) is 23.6. The SMILES string of the molecule is CCOC(=O)COP(=O)(CN[C@@H](Cc1ccc(-c2ccccc2)cc1OC)c1nnn[nH]1)OCC(=O)OCC. The van der Waals surface area contributed by atoms with Crippen LogP contribution in [-0.2, 0) is 39.1 Å². The Morgan fingerprint density at radius 1 is 0.974 bits per heavy atom. The van der Waals surface area contributed by atoms with Crippen LogP contribution in [0.5, 0.6) is 5.75 Å². The molecule has 0 amide bonds. The normalized spacial score (nSPS) is 12.1. The molecule has 14 heteroatoms. The Balaban J connectivity index is 1.79. The van der Waals surface area contributed by atoms with E-state index in [0.29, 0.717) is 18.0 Å². The van der Waals surface area contributed by atoms with Gasteiger partial charge in [0, 0.05) is 0 Å². The number of hydrogen-bond donors (Lipinski definition) is 2. The lowest BCUT2D eigenvalue weighted by molar-refractivity contribution is -0.146. The molecule has 0 fully saturated rings. The van der Waals surface area contributed by atoms with Crippen molar-refractivity contribution >= 4 is 19.5 Å². The number of rotatable bonds is 16. The molecule has 0 aliphatic rings. The number of esters is 2. The van der Waals surface area contributed by atoms with Gasteiger partial charge in [0.25, 0.3) is 0 Å². The zero-order valence-electron chi connectivity index (χ0n) is 22.0. The Kier molecular flexibility index (Phi) is 11.6. The second-order valence-corrected chi connectivity index (χ2v) is 10.1. The maximum Gasteiger partial charge on any atom is 0.345 e. The van der Waals surface area contributed by atoms with Crippen molar-refractivity contribution in [3.05, 3.63) is 59.9 Å².